The van der Waals surface area contributed by atoms with E-state index in [-0.39, 0.29) is 33.7 Å². The van der Waals surface area contributed by atoms with Crippen LogP contribution in [-0.4, -0.2) is 47.0 Å². The predicted molar refractivity (Wildman–Crippen MR) is 137 cm³/mol. The number of nitrogens with one attached hydrogen (secondary N) is 2. The molecule has 2 saturated heterocycles. The molecule has 6 nitrogen and oxygen atoms in total. The Morgan fingerprint density at radius 2 is 1.03 bits per heavy atom. The van der Waals surface area contributed by atoms with Gasteiger partial charge in [0.25, 0.3) is 0 Å². The van der Waals surface area contributed by atoms with Gasteiger partial charge in [0.2, 0.25) is 0 Å². The van der Waals surface area contributed by atoms with Crippen molar-refractivity contribution in [2.24, 2.45) is 21.7 Å². The second kappa shape index (κ2) is 7.63. The summed E-state index contributed by atoms with van der Waals surface area (Å²) in [5.74, 6) is 0. The molecule has 0 spiro atoms. The van der Waals surface area contributed by atoms with Gasteiger partial charge in [0, 0.05) is 36.5 Å². The summed E-state index contributed by atoms with van der Waals surface area (Å²) in [4.78, 5) is 30.2. The zero-order valence-electron chi connectivity index (χ0n) is 21.8. The third-order valence-electron chi connectivity index (χ3n) is 8.74. The summed E-state index contributed by atoms with van der Waals surface area (Å²) in [6, 6.07) is 8.15. The average molecular weight is 467 g/mol. The largest absolute Gasteiger partial charge is 0.322 e. The van der Waals surface area contributed by atoms with Crippen LogP contribution >= 0.6 is 0 Å². The predicted octanol–water partition coefficient (Wildman–Crippen LogP) is 6.55. The van der Waals surface area contributed by atoms with Crippen LogP contribution in [-0.2, 0) is 0 Å². The Bertz CT molecular complexity index is 908. The van der Waals surface area contributed by atoms with Crippen molar-refractivity contribution >= 4 is 23.4 Å². The zero-order valence-corrected chi connectivity index (χ0v) is 21.8. The molecule has 2 N–H and O–H groups in total. The van der Waals surface area contributed by atoms with E-state index in [1.807, 2.05) is 34.1 Å². The van der Waals surface area contributed by atoms with Gasteiger partial charge in [-0.3, -0.25) is 0 Å². The fourth-order valence-electron chi connectivity index (χ4n) is 8.42. The van der Waals surface area contributed by atoms with Gasteiger partial charge in [-0.1, -0.05) is 41.5 Å². The lowest BCUT2D eigenvalue weighted by Crippen LogP contribution is -2.40. The Balaban J connectivity index is 1.19. The molecule has 2 aliphatic heterocycles. The van der Waals surface area contributed by atoms with E-state index in [2.05, 4.69) is 52.2 Å². The molecule has 1 aromatic carbocycles. The molecule has 4 aliphatic rings. The first kappa shape index (κ1) is 23.5. The molecule has 2 heterocycles. The van der Waals surface area contributed by atoms with Crippen molar-refractivity contribution in [2.75, 3.05) is 23.7 Å². The first-order valence-corrected chi connectivity index (χ1v) is 13.0. The number of hydrogen-bond acceptors (Lipinski definition) is 2. The van der Waals surface area contributed by atoms with Crippen LogP contribution in [0.25, 0.3) is 0 Å². The summed E-state index contributed by atoms with van der Waals surface area (Å²) in [7, 11) is 0. The van der Waals surface area contributed by atoms with Gasteiger partial charge in [-0.05, 0) is 84.5 Å². The maximum absolute atomic E-state index is 13.1. The van der Waals surface area contributed by atoms with Crippen LogP contribution in [0.4, 0.5) is 21.0 Å². The number of carbonyl (C=O) groups excluding carboxylic acids is 2. The number of rotatable bonds is 2. The van der Waals surface area contributed by atoms with Gasteiger partial charge in [-0.2, -0.15) is 0 Å². The maximum atomic E-state index is 13.1. The molecule has 4 atom stereocenters. The fourth-order valence-corrected chi connectivity index (χ4v) is 8.42. The molecular formula is C28H42N4O2. The highest BCUT2D eigenvalue weighted by Crippen LogP contribution is 2.53. The van der Waals surface area contributed by atoms with E-state index < -0.39 is 0 Å². The molecule has 4 fully saturated rings. The summed E-state index contributed by atoms with van der Waals surface area (Å²) >= 11 is 0. The first-order valence-electron chi connectivity index (χ1n) is 13.0. The normalized spacial score (nSPS) is 35.2. The molecular weight excluding hydrogens is 424 g/mol. The standard InChI is InChI=1S/C28H42N4O2/c1-25(2)11-21-13-27(5,15-25)17-31(21)23(33)29-19-7-9-20(10-8-19)30-24(34)32-18-28(6)14-22(32)12-26(3,4)16-28/h7-10,21-22H,11-18H2,1-6H3,(H,29,33)(H,30,34)/t21-,22+,27+,28-. The van der Waals surface area contributed by atoms with E-state index in [4.69, 9.17) is 0 Å². The SMILES string of the molecule is CC1(C)C[C@H]2C[C@@](C)(CN2C(=O)Nc2ccc(NC(=O)N3C[C@@]4(C)C[C@H]3CC(C)(C)C4)cc2)C1. The van der Waals surface area contributed by atoms with Crippen LogP contribution in [0.3, 0.4) is 0 Å². The van der Waals surface area contributed by atoms with Crippen LogP contribution in [0.1, 0.15) is 80.1 Å². The second-order valence-electron chi connectivity index (χ2n) is 14.1. The highest BCUT2D eigenvalue weighted by molar-refractivity contribution is 5.92. The van der Waals surface area contributed by atoms with E-state index in [0.29, 0.717) is 12.1 Å². The van der Waals surface area contributed by atoms with E-state index in [1.54, 1.807) is 0 Å². The number of anilines is 2. The molecule has 4 bridgehead atoms. The van der Waals surface area contributed by atoms with Crippen molar-refractivity contribution in [3.8, 4) is 0 Å². The Morgan fingerprint density at radius 3 is 1.38 bits per heavy atom. The van der Waals surface area contributed by atoms with Gasteiger partial charge in [-0.25, -0.2) is 9.59 Å². The average Bonchev–Trinajstić information content (AvgIpc) is 3.09. The minimum atomic E-state index is -0.0107. The van der Waals surface area contributed by atoms with E-state index >= 15 is 0 Å². The summed E-state index contributed by atoms with van der Waals surface area (Å²) < 4.78 is 0. The Labute approximate surface area is 204 Å². The summed E-state index contributed by atoms with van der Waals surface area (Å²) in [5, 5.41) is 6.17. The quantitative estimate of drug-likeness (QED) is 0.519. The molecule has 2 aliphatic carbocycles. The van der Waals surface area contributed by atoms with Crippen molar-refractivity contribution in [3.63, 3.8) is 0 Å². The van der Waals surface area contributed by atoms with Gasteiger partial charge in [0.05, 0.1) is 0 Å². The van der Waals surface area contributed by atoms with Gasteiger partial charge >= 0.3 is 12.1 Å². The third-order valence-corrected chi connectivity index (χ3v) is 8.74. The lowest BCUT2D eigenvalue weighted by Gasteiger charge is -2.39. The lowest BCUT2D eigenvalue weighted by atomic mass is 9.65. The minimum absolute atomic E-state index is 0.0107. The van der Waals surface area contributed by atoms with Crippen molar-refractivity contribution in [3.05, 3.63) is 24.3 Å². The third kappa shape index (κ3) is 4.52. The smallest absolute Gasteiger partial charge is 0.321 e. The zero-order chi connectivity index (χ0) is 24.5. The second-order valence-corrected chi connectivity index (χ2v) is 14.1. The summed E-state index contributed by atoms with van der Waals surface area (Å²) in [6.45, 7) is 15.6. The van der Waals surface area contributed by atoms with Gasteiger partial charge < -0.3 is 20.4 Å². The first-order chi connectivity index (χ1) is 15.7. The lowest BCUT2D eigenvalue weighted by molar-refractivity contribution is 0.129. The van der Waals surface area contributed by atoms with Crippen molar-refractivity contribution in [2.45, 2.75) is 92.2 Å². The highest BCUT2D eigenvalue weighted by Gasteiger charge is 2.52. The molecule has 1 aromatic rings. The number of likely N-dealkylation sites (tertiary alicyclic amines) is 2. The Hall–Kier alpha value is -2.24. The monoisotopic (exact) mass is 466 g/mol. The Kier molecular flexibility index (Phi) is 5.27. The van der Waals surface area contributed by atoms with Crippen LogP contribution < -0.4 is 10.6 Å². The topological polar surface area (TPSA) is 64.7 Å². The minimum Gasteiger partial charge on any atom is -0.321 e. The van der Waals surface area contributed by atoms with Gasteiger partial charge in [0.1, 0.15) is 0 Å². The van der Waals surface area contributed by atoms with Crippen LogP contribution in [0.15, 0.2) is 24.3 Å². The van der Waals surface area contributed by atoms with Crippen LogP contribution in [0.2, 0.25) is 0 Å². The molecule has 4 amide bonds. The van der Waals surface area contributed by atoms with E-state index in [1.165, 1.54) is 12.8 Å². The van der Waals surface area contributed by atoms with Gasteiger partial charge in [-0.15, -0.1) is 0 Å². The molecule has 5 rings (SSSR count). The Morgan fingerprint density at radius 1 is 0.676 bits per heavy atom. The number of benzene rings is 1. The molecule has 6 heteroatoms. The number of fused-ring (bicyclic) bond motifs is 4. The van der Waals surface area contributed by atoms with E-state index in [9.17, 15) is 9.59 Å². The molecule has 0 radical (unpaired) electrons. The molecule has 0 aromatic heterocycles. The number of amides is 4. The molecule has 34 heavy (non-hydrogen) atoms. The molecule has 186 valence electrons. The van der Waals surface area contributed by atoms with Crippen molar-refractivity contribution in [1.82, 2.24) is 9.80 Å². The summed E-state index contributed by atoms with van der Waals surface area (Å²) in [6.07, 6.45) is 6.67. The highest BCUT2D eigenvalue weighted by atomic mass is 16.2. The molecule has 2 saturated carbocycles. The van der Waals surface area contributed by atoms with Crippen LogP contribution in [0, 0.1) is 21.7 Å². The summed E-state index contributed by atoms with van der Waals surface area (Å²) in [5.41, 5.74) is 2.54. The molecule has 0 unspecified atom stereocenters. The maximum Gasteiger partial charge on any atom is 0.322 e. The number of carbonyl (C=O) groups is 2. The van der Waals surface area contributed by atoms with Crippen LogP contribution in [0.5, 0.6) is 0 Å². The van der Waals surface area contributed by atoms with Crippen molar-refractivity contribution < 1.29 is 9.59 Å². The number of nitrogens with zero attached hydrogens (tertiary/aromatic N) is 2. The van der Waals surface area contributed by atoms with E-state index in [0.717, 1.165) is 50.1 Å². The van der Waals surface area contributed by atoms with Gasteiger partial charge in [0.15, 0.2) is 0 Å². The fraction of sp³-hybridized carbons (Fsp3) is 0.714. The number of urea groups is 2. The van der Waals surface area contributed by atoms with Crippen molar-refractivity contribution in [1.29, 1.82) is 0 Å². The number of hydrogen-bond donors (Lipinski definition) is 2.